The fraction of sp³-hybridized carbons (Fsp3) is 0.267. The Balaban J connectivity index is 1.72. The summed E-state index contributed by atoms with van der Waals surface area (Å²) in [5, 5.41) is 20.2. The summed E-state index contributed by atoms with van der Waals surface area (Å²) in [4.78, 5) is 14.2. The number of hydrogen-bond acceptors (Lipinski definition) is 6. The molecule has 1 aromatic carbocycles. The molecule has 1 heterocycles. The third-order valence-electron chi connectivity index (χ3n) is 2.86. The number of pyridine rings is 1. The third kappa shape index (κ3) is 5.44. The van der Waals surface area contributed by atoms with E-state index in [4.69, 9.17) is 9.47 Å². The molecule has 8 nitrogen and oxygen atoms in total. The molecular formula is C15H17N3O5. The molecule has 0 fully saturated rings. The average molecular weight is 319 g/mol. The highest BCUT2D eigenvalue weighted by molar-refractivity contribution is 5.25. The number of para-hydroxylation sites is 1. The molecule has 0 aliphatic carbocycles. The molecule has 23 heavy (non-hydrogen) atoms. The molecule has 122 valence electrons. The number of nitro groups is 1. The minimum atomic E-state index is -0.545. The van der Waals surface area contributed by atoms with Crippen molar-refractivity contribution in [2.24, 2.45) is 4.99 Å². The summed E-state index contributed by atoms with van der Waals surface area (Å²) in [5.41, 5.74) is -0.0328. The van der Waals surface area contributed by atoms with Crippen molar-refractivity contribution in [1.29, 1.82) is 0 Å². The Morgan fingerprint density at radius 1 is 1.17 bits per heavy atom. The maximum Gasteiger partial charge on any atom is 0.274 e. The summed E-state index contributed by atoms with van der Waals surface area (Å²) in [6, 6.07) is 11.8. The van der Waals surface area contributed by atoms with Crippen molar-refractivity contribution in [2.45, 2.75) is 0 Å². The van der Waals surface area contributed by atoms with Crippen molar-refractivity contribution in [3.05, 3.63) is 64.3 Å². The smallest absolute Gasteiger partial charge is 0.274 e. The molecule has 0 radical (unpaired) electrons. The van der Waals surface area contributed by atoms with Crippen molar-refractivity contribution < 1.29 is 19.6 Å². The second kappa shape index (κ2) is 8.54. The van der Waals surface area contributed by atoms with Crippen LogP contribution in [-0.4, -0.2) is 41.2 Å². The molecule has 0 aliphatic heterocycles. The Morgan fingerprint density at radius 2 is 1.96 bits per heavy atom. The Labute approximate surface area is 132 Å². The highest BCUT2D eigenvalue weighted by Gasteiger charge is 2.05. The predicted octanol–water partition coefficient (Wildman–Crippen LogP) is 1.63. The molecule has 0 bridgehead atoms. The zero-order valence-corrected chi connectivity index (χ0v) is 12.4. The zero-order chi connectivity index (χ0) is 16.5. The molecule has 0 atom stereocenters. The van der Waals surface area contributed by atoms with Crippen LogP contribution in [0.3, 0.4) is 0 Å². The van der Waals surface area contributed by atoms with Gasteiger partial charge in [0.15, 0.2) is 5.49 Å². The summed E-state index contributed by atoms with van der Waals surface area (Å²) in [7, 11) is 0. The van der Waals surface area contributed by atoms with Crippen LogP contribution in [0.15, 0.2) is 53.7 Å². The average Bonchev–Trinajstić information content (AvgIpc) is 2.56. The van der Waals surface area contributed by atoms with E-state index in [9.17, 15) is 15.3 Å². The summed E-state index contributed by atoms with van der Waals surface area (Å²) >= 11 is 0. The Kier molecular flexibility index (Phi) is 6.13. The fourth-order valence-electron chi connectivity index (χ4n) is 1.76. The minimum absolute atomic E-state index is 0.100. The number of nitrogens with zero attached hydrogens (tertiary/aromatic N) is 3. The highest BCUT2D eigenvalue weighted by atomic mass is 16.6. The normalized spacial score (nSPS) is 11.4. The third-order valence-corrected chi connectivity index (χ3v) is 2.86. The second-order valence-corrected chi connectivity index (χ2v) is 4.50. The van der Waals surface area contributed by atoms with E-state index in [2.05, 4.69) is 4.99 Å². The van der Waals surface area contributed by atoms with Gasteiger partial charge in [-0.2, -0.15) is 4.73 Å². The van der Waals surface area contributed by atoms with E-state index in [1.807, 2.05) is 30.3 Å². The lowest BCUT2D eigenvalue weighted by molar-refractivity contribution is -0.385. The van der Waals surface area contributed by atoms with E-state index in [1.165, 1.54) is 18.3 Å². The lowest BCUT2D eigenvalue weighted by atomic mass is 10.3. The largest absolute Gasteiger partial charge is 0.491 e. The van der Waals surface area contributed by atoms with Crippen LogP contribution < -0.4 is 10.2 Å². The lowest BCUT2D eigenvalue weighted by Crippen LogP contribution is -2.19. The van der Waals surface area contributed by atoms with Crippen LogP contribution in [0.4, 0.5) is 5.69 Å². The van der Waals surface area contributed by atoms with Crippen molar-refractivity contribution in [1.82, 2.24) is 4.73 Å². The predicted molar refractivity (Wildman–Crippen MR) is 81.5 cm³/mol. The summed E-state index contributed by atoms with van der Waals surface area (Å²) < 4.78 is 11.5. The van der Waals surface area contributed by atoms with Crippen LogP contribution in [-0.2, 0) is 4.74 Å². The molecular weight excluding hydrogens is 302 g/mol. The number of ether oxygens (including phenoxy) is 2. The second-order valence-electron chi connectivity index (χ2n) is 4.50. The van der Waals surface area contributed by atoms with Gasteiger partial charge < -0.3 is 14.7 Å². The first-order chi connectivity index (χ1) is 11.2. The quantitative estimate of drug-likeness (QED) is 0.345. The standard InChI is InChI=1S/C15H17N3O5/c19-17-8-6-13(18(20)21)12-15(17)16-7-9-22-10-11-23-14-4-2-1-3-5-14/h1-6,8,12,19H,7,9-11H2. The Hall–Kier alpha value is -2.87. The summed E-state index contributed by atoms with van der Waals surface area (Å²) in [5.74, 6) is 0.777. The van der Waals surface area contributed by atoms with E-state index in [-0.39, 0.29) is 17.7 Å². The van der Waals surface area contributed by atoms with Crippen LogP contribution in [0.5, 0.6) is 5.75 Å². The molecule has 2 rings (SSSR count). The molecule has 0 aliphatic rings. The fourth-order valence-corrected chi connectivity index (χ4v) is 1.76. The monoisotopic (exact) mass is 319 g/mol. The minimum Gasteiger partial charge on any atom is -0.491 e. The van der Waals surface area contributed by atoms with Gasteiger partial charge in [-0.3, -0.25) is 15.1 Å². The van der Waals surface area contributed by atoms with Gasteiger partial charge in [0.05, 0.1) is 36.9 Å². The van der Waals surface area contributed by atoms with Gasteiger partial charge >= 0.3 is 0 Å². The van der Waals surface area contributed by atoms with E-state index < -0.39 is 4.92 Å². The number of hydrogen-bond donors (Lipinski definition) is 1. The van der Waals surface area contributed by atoms with Crippen molar-refractivity contribution >= 4 is 5.69 Å². The van der Waals surface area contributed by atoms with Crippen molar-refractivity contribution in [3.63, 3.8) is 0 Å². The molecule has 0 amide bonds. The maximum atomic E-state index is 10.7. The van der Waals surface area contributed by atoms with Gasteiger partial charge in [0.1, 0.15) is 12.4 Å². The Morgan fingerprint density at radius 3 is 2.70 bits per heavy atom. The summed E-state index contributed by atoms with van der Waals surface area (Å²) in [6.07, 6.45) is 1.17. The number of benzene rings is 1. The van der Waals surface area contributed by atoms with Crippen molar-refractivity contribution in [2.75, 3.05) is 26.4 Å². The van der Waals surface area contributed by atoms with Gasteiger partial charge in [-0.05, 0) is 12.1 Å². The lowest BCUT2D eigenvalue weighted by Gasteiger charge is -2.06. The van der Waals surface area contributed by atoms with E-state index in [1.54, 1.807) is 0 Å². The first kappa shape index (κ1) is 16.5. The van der Waals surface area contributed by atoms with Gasteiger partial charge in [0, 0.05) is 6.07 Å². The molecule has 0 spiro atoms. The molecule has 1 aromatic heterocycles. The highest BCUT2D eigenvalue weighted by Crippen LogP contribution is 2.07. The Bertz CT molecular complexity index is 700. The van der Waals surface area contributed by atoms with Crippen LogP contribution in [0.25, 0.3) is 0 Å². The van der Waals surface area contributed by atoms with Gasteiger partial charge in [-0.25, -0.2) is 0 Å². The first-order valence-electron chi connectivity index (χ1n) is 6.99. The molecule has 1 N–H and O–H groups in total. The van der Waals surface area contributed by atoms with Crippen LogP contribution >= 0.6 is 0 Å². The molecule has 0 unspecified atom stereocenters. The molecule has 8 heteroatoms. The summed E-state index contributed by atoms with van der Waals surface area (Å²) in [6.45, 7) is 1.41. The maximum absolute atomic E-state index is 10.7. The van der Waals surface area contributed by atoms with E-state index in [0.29, 0.717) is 19.8 Å². The number of rotatable bonds is 8. The molecule has 0 saturated carbocycles. The van der Waals surface area contributed by atoms with Gasteiger partial charge in [0.2, 0.25) is 0 Å². The number of aromatic nitrogens is 1. The topological polar surface area (TPSA) is 99.1 Å². The van der Waals surface area contributed by atoms with E-state index >= 15 is 0 Å². The van der Waals surface area contributed by atoms with Crippen LogP contribution in [0.2, 0.25) is 0 Å². The van der Waals surface area contributed by atoms with Gasteiger partial charge in [-0.1, -0.05) is 18.2 Å². The first-order valence-corrected chi connectivity index (χ1v) is 6.99. The van der Waals surface area contributed by atoms with Crippen LogP contribution in [0.1, 0.15) is 0 Å². The van der Waals surface area contributed by atoms with Gasteiger partial charge in [0.25, 0.3) is 5.69 Å². The van der Waals surface area contributed by atoms with Crippen LogP contribution in [0, 0.1) is 10.1 Å². The van der Waals surface area contributed by atoms with Gasteiger partial charge in [-0.15, -0.1) is 0 Å². The zero-order valence-electron chi connectivity index (χ0n) is 12.4. The van der Waals surface area contributed by atoms with E-state index in [0.717, 1.165) is 10.5 Å². The van der Waals surface area contributed by atoms with Crippen molar-refractivity contribution in [3.8, 4) is 5.75 Å². The SMILES string of the molecule is O=[N+]([O-])c1ccn(O)c(=NCCOCCOc2ccccc2)c1. The molecule has 0 saturated heterocycles. The molecule has 2 aromatic rings.